The van der Waals surface area contributed by atoms with Gasteiger partial charge in [0.2, 0.25) is 0 Å². The Labute approximate surface area is 152 Å². The number of aromatic nitrogens is 2. The number of carbonyl (C=O) groups is 3. The van der Waals surface area contributed by atoms with Crippen LogP contribution in [-0.4, -0.2) is 27.1 Å². The van der Waals surface area contributed by atoms with Crippen molar-refractivity contribution in [3.05, 3.63) is 57.0 Å². The third-order valence-electron chi connectivity index (χ3n) is 5.21. The van der Waals surface area contributed by atoms with E-state index in [1.807, 2.05) is 6.07 Å². The standard InChI is InChI=1S/C19H14N4O4/c20-17-15-11(18(26)22-19(15)27)7-14(25)23(17)8-4-5-9-10-2-1-3-13(24)16(10)21-12(9)6-8/h4-7,21H,1-3,20H2,(H,22,26,27). The number of fused-ring (bicyclic) bond motifs is 4. The highest BCUT2D eigenvalue weighted by Crippen LogP contribution is 2.31. The smallest absolute Gasteiger partial charge is 0.262 e. The first kappa shape index (κ1) is 15.6. The van der Waals surface area contributed by atoms with Crippen molar-refractivity contribution in [2.75, 3.05) is 5.73 Å². The molecule has 2 aliphatic rings. The summed E-state index contributed by atoms with van der Waals surface area (Å²) < 4.78 is 1.19. The molecule has 5 rings (SSSR count). The van der Waals surface area contributed by atoms with Crippen LogP contribution in [0.25, 0.3) is 16.6 Å². The number of imide groups is 1. The molecule has 0 bridgehead atoms. The number of Topliss-reactive ketones (excluding diaryl/α,β-unsaturated/α-hetero) is 1. The van der Waals surface area contributed by atoms with E-state index in [1.165, 1.54) is 4.57 Å². The molecule has 1 aliphatic heterocycles. The molecule has 0 atom stereocenters. The largest absolute Gasteiger partial charge is 0.384 e. The Bertz CT molecular complexity index is 1260. The second kappa shape index (κ2) is 5.16. The molecule has 8 heteroatoms. The van der Waals surface area contributed by atoms with E-state index in [0.29, 0.717) is 17.8 Å². The highest BCUT2D eigenvalue weighted by Gasteiger charge is 2.32. The van der Waals surface area contributed by atoms with Crippen LogP contribution in [0.1, 0.15) is 49.6 Å². The topological polar surface area (TPSA) is 127 Å². The molecule has 0 spiro atoms. The fourth-order valence-corrected chi connectivity index (χ4v) is 3.98. The van der Waals surface area contributed by atoms with E-state index >= 15 is 0 Å². The fraction of sp³-hybridized carbons (Fsp3) is 0.158. The second-order valence-corrected chi connectivity index (χ2v) is 6.76. The van der Waals surface area contributed by atoms with Crippen LogP contribution in [0.5, 0.6) is 0 Å². The first-order chi connectivity index (χ1) is 13.0. The summed E-state index contributed by atoms with van der Waals surface area (Å²) in [5, 5.41) is 3.08. The number of nitrogen functional groups attached to an aromatic ring is 1. The van der Waals surface area contributed by atoms with Gasteiger partial charge in [-0.05, 0) is 30.5 Å². The van der Waals surface area contributed by atoms with Crippen LogP contribution in [0.4, 0.5) is 5.82 Å². The van der Waals surface area contributed by atoms with Crippen molar-refractivity contribution in [2.24, 2.45) is 0 Å². The van der Waals surface area contributed by atoms with Gasteiger partial charge in [0.1, 0.15) is 5.82 Å². The van der Waals surface area contributed by atoms with Crippen LogP contribution in [0, 0.1) is 0 Å². The minimum absolute atomic E-state index is 0.000606. The van der Waals surface area contributed by atoms with E-state index in [-0.39, 0.29) is 22.7 Å². The zero-order valence-corrected chi connectivity index (χ0v) is 14.1. The zero-order chi connectivity index (χ0) is 18.9. The number of anilines is 1. The van der Waals surface area contributed by atoms with Crippen molar-refractivity contribution in [1.82, 2.24) is 14.9 Å². The highest BCUT2D eigenvalue weighted by molar-refractivity contribution is 6.23. The lowest BCUT2D eigenvalue weighted by Gasteiger charge is -2.12. The average molecular weight is 362 g/mol. The number of hydrogen-bond acceptors (Lipinski definition) is 5. The minimum atomic E-state index is -0.628. The fourth-order valence-electron chi connectivity index (χ4n) is 3.98. The molecule has 0 fully saturated rings. The lowest BCUT2D eigenvalue weighted by Crippen LogP contribution is -2.24. The maximum atomic E-state index is 12.6. The number of ketones is 1. The molecule has 2 aromatic heterocycles. The number of H-pyrrole nitrogens is 1. The van der Waals surface area contributed by atoms with Crippen molar-refractivity contribution in [3.8, 4) is 5.69 Å². The van der Waals surface area contributed by atoms with Crippen LogP contribution in [-0.2, 0) is 6.42 Å². The molecule has 0 radical (unpaired) electrons. The molecule has 3 aromatic rings. The van der Waals surface area contributed by atoms with Crippen LogP contribution >= 0.6 is 0 Å². The van der Waals surface area contributed by atoms with Gasteiger partial charge in [-0.3, -0.25) is 29.1 Å². The van der Waals surface area contributed by atoms with Gasteiger partial charge in [-0.2, -0.15) is 0 Å². The number of aryl methyl sites for hydroxylation is 1. The van der Waals surface area contributed by atoms with E-state index in [9.17, 15) is 19.2 Å². The predicted molar refractivity (Wildman–Crippen MR) is 97.4 cm³/mol. The van der Waals surface area contributed by atoms with Gasteiger partial charge in [0.25, 0.3) is 17.4 Å². The molecule has 0 saturated carbocycles. The van der Waals surface area contributed by atoms with E-state index in [1.54, 1.807) is 12.1 Å². The number of benzene rings is 1. The number of aromatic amines is 1. The summed E-state index contributed by atoms with van der Waals surface area (Å²) >= 11 is 0. The molecule has 27 heavy (non-hydrogen) atoms. The lowest BCUT2D eigenvalue weighted by molar-refractivity contribution is 0.0878. The first-order valence-corrected chi connectivity index (χ1v) is 8.55. The number of pyridine rings is 1. The summed E-state index contributed by atoms with van der Waals surface area (Å²) in [5.74, 6) is -1.26. The number of carbonyl (C=O) groups excluding carboxylic acids is 3. The number of nitrogens with two attached hydrogens (primary N) is 1. The predicted octanol–water partition coefficient (Wildman–Crippen LogP) is 1.30. The first-order valence-electron chi connectivity index (χ1n) is 8.55. The van der Waals surface area contributed by atoms with Crippen LogP contribution in [0.15, 0.2) is 29.1 Å². The molecule has 1 aromatic carbocycles. The van der Waals surface area contributed by atoms with Crippen LogP contribution in [0.3, 0.4) is 0 Å². The quantitative estimate of drug-likeness (QED) is 0.562. The third kappa shape index (κ3) is 2.03. The van der Waals surface area contributed by atoms with Gasteiger partial charge >= 0.3 is 0 Å². The molecule has 4 N–H and O–H groups in total. The van der Waals surface area contributed by atoms with Crippen LogP contribution < -0.4 is 16.6 Å². The summed E-state index contributed by atoms with van der Waals surface area (Å²) in [6, 6.07) is 6.39. The third-order valence-corrected chi connectivity index (χ3v) is 5.21. The van der Waals surface area contributed by atoms with Crippen molar-refractivity contribution in [3.63, 3.8) is 0 Å². The minimum Gasteiger partial charge on any atom is -0.384 e. The molecule has 0 unspecified atom stereocenters. The van der Waals surface area contributed by atoms with Gasteiger partial charge in [0, 0.05) is 23.4 Å². The molecule has 3 heterocycles. The normalized spacial score (nSPS) is 15.8. The molecule has 0 saturated heterocycles. The number of rotatable bonds is 1. The summed E-state index contributed by atoms with van der Waals surface area (Å²) in [7, 11) is 0. The monoisotopic (exact) mass is 362 g/mol. The maximum Gasteiger partial charge on any atom is 0.262 e. The summed E-state index contributed by atoms with van der Waals surface area (Å²) in [6.45, 7) is 0. The second-order valence-electron chi connectivity index (χ2n) is 6.76. The van der Waals surface area contributed by atoms with Crippen molar-refractivity contribution < 1.29 is 14.4 Å². The maximum absolute atomic E-state index is 12.6. The zero-order valence-electron chi connectivity index (χ0n) is 14.1. The Hall–Kier alpha value is -3.68. The van der Waals surface area contributed by atoms with E-state index in [4.69, 9.17) is 5.73 Å². The Morgan fingerprint density at radius 1 is 1.00 bits per heavy atom. The Morgan fingerprint density at radius 3 is 2.63 bits per heavy atom. The highest BCUT2D eigenvalue weighted by atomic mass is 16.2. The Kier molecular flexibility index (Phi) is 2.98. The van der Waals surface area contributed by atoms with Gasteiger partial charge < -0.3 is 10.7 Å². The number of nitrogens with zero attached hydrogens (tertiary/aromatic N) is 1. The average Bonchev–Trinajstić information content (AvgIpc) is 3.13. The van der Waals surface area contributed by atoms with Gasteiger partial charge in [0.15, 0.2) is 5.78 Å². The number of nitrogens with one attached hydrogen (secondary N) is 2. The molecular weight excluding hydrogens is 348 g/mol. The van der Waals surface area contributed by atoms with Crippen LogP contribution in [0.2, 0.25) is 0 Å². The van der Waals surface area contributed by atoms with Gasteiger partial charge in [0.05, 0.1) is 22.5 Å². The lowest BCUT2D eigenvalue weighted by atomic mass is 9.95. The van der Waals surface area contributed by atoms with Gasteiger partial charge in [-0.25, -0.2) is 0 Å². The molecule has 8 nitrogen and oxygen atoms in total. The van der Waals surface area contributed by atoms with E-state index in [2.05, 4.69) is 10.3 Å². The van der Waals surface area contributed by atoms with E-state index in [0.717, 1.165) is 35.4 Å². The Balaban J connectivity index is 1.74. The van der Waals surface area contributed by atoms with Gasteiger partial charge in [-0.15, -0.1) is 0 Å². The molecular formula is C19H14N4O4. The van der Waals surface area contributed by atoms with Gasteiger partial charge in [-0.1, -0.05) is 6.07 Å². The Morgan fingerprint density at radius 2 is 1.81 bits per heavy atom. The summed E-state index contributed by atoms with van der Waals surface area (Å²) in [5.41, 5.74) is 8.33. The van der Waals surface area contributed by atoms with Crippen molar-refractivity contribution in [2.45, 2.75) is 19.3 Å². The summed E-state index contributed by atoms with van der Waals surface area (Å²) in [6.07, 6.45) is 2.16. The molecule has 2 amide bonds. The van der Waals surface area contributed by atoms with Crippen molar-refractivity contribution >= 4 is 34.3 Å². The SMILES string of the molecule is Nc1c2c(cc(=O)n1-c1ccc3c4c([nH]c3c1)C(=O)CCC4)C(=O)NC2=O. The molecule has 134 valence electrons. The van der Waals surface area contributed by atoms with Crippen molar-refractivity contribution in [1.29, 1.82) is 0 Å². The number of amides is 2. The van der Waals surface area contributed by atoms with E-state index < -0.39 is 17.4 Å². The molecule has 1 aliphatic carbocycles. The number of hydrogen-bond donors (Lipinski definition) is 3. The summed E-state index contributed by atoms with van der Waals surface area (Å²) in [4.78, 5) is 51.6.